The minimum absolute atomic E-state index is 0. The molecule has 5 nitrogen and oxygen atoms in total. The molecule has 0 spiro atoms. The van der Waals surface area contributed by atoms with Crippen molar-refractivity contribution in [2.75, 3.05) is 39.3 Å². The summed E-state index contributed by atoms with van der Waals surface area (Å²) < 4.78 is 31.8. The minimum Gasteiger partial charge on any atom is -0.457 e. The van der Waals surface area contributed by atoms with Crippen molar-refractivity contribution in [3.63, 3.8) is 0 Å². The molecular formula is C21H24ClF2N3O2. The van der Waals surface area contributed by atoms with Gasteiger partial charge in [0.05, 0.1) is 0 Å². The summed E-state index contributed by atoms with van der Waals surface area (Å²) in [5.41, 5.74) is 0.596. The Bertz CT molecular complexity index is 844. The number of halogens is 3. The predicted molar refractivity (Wildman–Crippen MR) is 109 cm³/mol. The van der Waals surface area contributed by atoms with E-state index in [9.17, 15) is 13.6 Å². The van der Waals surface area contributed by atoms with Crippen LogP contribution in [0.4, 0.5) is 8.78 Å². The molecule has 2 aliphatic heterocycles. The van der Waals surface area contributed by atoms with Crippen LogP contribution < -0.4 is 10.1 Å². The lowest BCUT2D eigenvalue weighted by Crippen LogP contribution is -2.49. The zero-order valence-electron chi connectivity index (χ0n) is 15.9. The van der Waals surface area contributed by atoms with Gasteiger partial charge in [-0.25, -0.2) is 8.78 Å². The normalized spacial score (nSPS) is 19.7. The number of hydrogen-bond donors (Lipinski definition) is 1. The van der Waals surface area contributed by atoms with Gasteiger partial charge < -0.3 is 15.0 Å². The minimum atomic E-state index is -0.961. The Hall–Kier alpha value is -2.22. The van der Waals surface area contributed by atoms with Crippen LogP contribution in [0.25, 0.3) is 0 Å². The molecule has 2 saturated heterocycles. The Kier molecular flexibility index (Phi) is 7.05. The maximum Gasteiger partial charge on any atom is 0.253 e. The van der Waals surface area contributed by atoms with Gasteiger partial charge in [0.2, 0.25) is 0 Å². The van der Waals surface area contributed by atoms with Crippen molar-refractivity contribution in [3.05, 3.63) is 59.7 Å². The SMILES string of the molecule is Cl.O=C(c1ccc(Oc2ccc(F)c(F)c2)cc1)N1CCC(N2CCNCC2)C1. The van der Waals surface area contributed by atoms with Crippen molar-refractivity contribution < 1.29 is 18.3 Å². The van der Waals surface area contributed by atoms with Gasteiger partial charge in [-0.2, -0.15) is 0 Å². The van der Waals surface area contributed by atoms with Crippen LogP contribution in [0.3, 0.4) is 0 Å². The number of carbonyl (C=O) groups is 1. The molecule has 8 heteroatoms. The van der Waals surface area contributed by atoms with Gasteiger partial charge in [-0.15, -0.1) is 12.4 Å². The summed E-state index contributed by atoms with van der Waals surface area (Å²) in [6.07, 6.45) is 1.00. The molecule has 2 aromatic rings. The van der Waals surface area contributed by atoms with Crippen LogP contribution in [0.2, 0.25) is 0 Å². The lowest BCUT2D eigenvalue weighted by atomic mass is 10.2. The van der Waals surface area contributed by atoms with Gasteiger partial charge in [0.1, 0.15) is 11.5 Å². The number of amides is 1. The summed E-state index contributed by atoms with van der Waals surface area (Å²) in [6.45, 7) is 5.59. The number of nitrogens with zero attached hydrogens (tertiary/aromatic N) is 2. The van der Waals surface area contributed by atoms with Gasteiger partial charge in [0.25, 0.3) is 5.91 Å². The van der Waals surface area contributed by atoms with Gasteiger partial charge in [0, 0.05) is 56.9 Å². The van der Waals surface area contributed by atoms with Crippen LogP contribution in [0.15, 0.2) is 42.5 Å². The average molecular weight is 424 g/mol. The summed E-state index contributed by atoms with van der Waals surface area (Å²) in [5.74, 6) is -1.20. The van der Waals surface area contributed by atoms with Crippen molar-refractivity contribution in [2.45, 2.75) is 12.5 Å². The highest BCUT2D eigenvalue weighted by Crippen LogP contribution is 2.24. The fourth-order valence-corrected chi connectivity index (χ4v) is 3.80. The Morgan fingerprint density at radius 1 is 0.966 bits per heavy atom. The highest BCUT2D eigenvalue weighted by Gasteiger charge is 2.31. The molecule has 1 atom stereocenters. The smallest absolute Gasteiger partial charge is 0.253 e. The first-order valence-corrected chi connectivity index (χ1v) is 9.57. The summed E-state index contributed by atoms with van der Waals surface area (Å²) in [4.78, 5) is 17.2. The van der Waals surface area contributed by atoms with Crippen molar-refractivity contribution in [1.29, 1.82) is 0 Å². The van der Waals surface area contributed by atoms with E-state index in [1.807, 2.05) is 4.90 Å². The van der Waals surface area contributed by atoms with E-state index in [4.69, 9.17) is 4.74 Å². The fraction of sp³-hybridized carbons (Fsp3) is 0.381. The third-order valence-corrected chi connectivity index (χ3v) is 5.35. The van der Waals surface area contributed by atoms with Crippen LogP contribution in [0.5, 0.6) is 11.5 Å². The number of carbonyl (C=O) groups excluding carboxylic acids is 1. The molecule has 156 valence electrons. The number of hydrogen-bond acceptors (Lipinski definition) is 4. The molecule has 0 bridgehead atoms. The first-order valence-electron chi connectivity index (χ1n) is 9.57. The van der Waals surface area contributed by atoms with Crippen LogP contribution in [0, 0.1) is 11.6 Å². The standard InChI is InChI=1S/C21H23F2N3O2.ClH/c22-19-6-5-18(13-20(19)23)28-17-3-1-15(2-4-17)21(27)26-10-7-16(14-26)25-11-8-24-9-12-25;/h1-6,13,16,24H,7-12,14H2;1H. The number of piperazine rings is 1. The van der Waals surface area contributed by atoms with Crippen LogP contribution in [-0.2, 0) is 0 Å². The molecule has 4 rings (SSSR count). The molecule has 1 amide bonds. The Balaban J connectivity index is 0.00000240. The molecule has 1 unspecified atom stereocenters. The average Bonchev–Trinajstić information content (AvgIpc) is 3.22. The molecule has 1 N–H and O–H groups in total. The molecule has 0 radical (unpaired) electrons. The van der Waals surface area contributed by atoms with Crippen molar-refractivity contribution in [3.8, 4) is 11.5 Å². The van der Waals surface area contributed by atoms with Crippen molar-refractivity contribution in [2.24, 2.45) is 0 Å². The maximum atomic E-state index is 13.3. The Labute approximate surface area is 175 Å². The second-order valence-corrected chi connectivity index (χ2v) is 7.18. The van der Waals surface area contributed by atoms with E-state index >= 15 is 0 Å². The lowest BCUT2D eigenvalue weighted by molar-refractivity contribution is 0.0773. The predicted octanol–water partition coefficient (Wildman–Crippen LogP) is 3.30. The van der Waals surface area contributed by atoms with Gasteiger partial charge in [-0.3, -0.25) is 9.69 Å². The third kappa shape index (κ3) is 5.04. The molecule has 2 fully saturated rings. The van der Waals surface area contributed by atoms with Gasteiger partial charge in [-0.1, -0.05) is 0 Å². The zero-order chi connectivity index (χ0) is 19.5. The second kappa shape index (κ2) is 9.52. The van der Waals surface area contributed by atoms with Crippen molar-refractivity contribution >= 4 is 18.3 Å². The quantitative estimate of drug-likeness (QED) is 0.819. The number of likely N-dealkylation sites (tertiary alicyclic amines) is 1. The van der Waals surface area contributed by atoms with Gasteiger partial charge >= 0.3 is 0 Å². The number of benzene rings is 2. The first-order chi connectivity index (χ1) is 13.6. The summed E-state index contributed by atoms with van der Waals surface area (Å²) >= 11 is 0. The largest absolute Gasteiger partial charge is 0.457 e. The van der Waals surface area contributed by atoms with Crippen LogP contribution >= 0.6 is 12.4 Å². The highest BCUT2D eigenvalue weighted by molar-refractivity contribution is 5.94. The highest BCUT2D eigenvalue weighted by atomic mass is 35.5. The molecule has 0 aromatic heterocycles. The molecule has 29 heavy (non-hydrogen) atoms. The molecule has 0 aliphatic carbocycles. The van der Waals surface area contributed by atoms with E-state index in [1.54, 1.807) is 24.3 Å². The Morgan fingerprint density at radius 3 is 2.34 bits per heavy atom. The van der Waals surface area contributed by atoms with Crippen LogP contribution in [-0.4, -0.2) is 61.0 Å². The van der Waals surface area contributed by atoms with E-state index in [0.29, 0.717) is 17.4 Å². The van der Waals surface area contributed by atoms with E-state index < -0.39 is 11.6 Å². The third-order valence-electron chi connectivity index (χ3n) is 5.35. The fourth-order valence-electron chi connectivity index (χ4n) is 3.80. The zero-order valence-corrected chi connectivity index (χ0v) is 16.8. The van der Waals surface area contributed by atoms with Gasteiger partial charge in [0.15, 0.2) is 11.6 Å². The monoisotopic (exact) mass is 423 g/mol. The van der Waals surface area contributed by atoms with Gasteiger partial charge in [-0.05, 0) is 42.8 Å². The lowest BCUT2D eigenvalue weighted by Gasteiger charge is -2.32. The summed E-state index contributed by atoms with van der Waals surface area (Å²) in [6, 6.07) is 10.5. The Morgan fingerprint density at radius 2 is 1.66 bits per heavy atom. The van der Waals surface area contributed by atoms with Crippen molar-refractivity contribution in [1.82, 2.24) is 15.1 Å². The topological polar surface area (TPSA) is 44.8 Å². The van der Waals surface area contributed by atoms with E-state index in [1.165, 1.54) is 6.07 Å². The van der Waals surface area contributed by atoms with E-state index in [-0.39, 0.29) is 24.1 Å². The van der Waals surface area contributed by atoms with E-state index in [2.05, 4.69) is 10.2 Å². The summed E-state index contributed by atoms with van der Waals surface area (Å²) in [5, 5.41) is 3.35. The van der Waals surface area contributed by atoms with Crippen LogP contribution in [0.1, 0.15) is 16.8 Å². The molecule has 2 heterocycles. The first kappa shape index (κ1) is 21.5. The number of nitrogens with one attached hydrogen (secondary N) is 1. The number of ether oxygens (including phenoxy) is 1. The van der Waals surface area contributed by atoms with E-state index in [0.717, 1.165) is 57.8 Å². The molecule has 0 saturated carbocycles. The second-order valence-electron chi connectivity index (χ2n) is 7.18. The molecule has 2 aliphatic rings. The molecule has 2 aromatic carbocycles. The molecular weight excluding hydrogens is 400 g/mol. The summed E-state index contributed by atoms with van der Waals surface area (Å²) in [7, 11) is 0. The maximum absolute atomic E-state index is 13.3. The number of rotatable bonds is 4.